The Morgan fingerprint density at radius 2 is 2.11 bits per heavy atom. The van der Waals surface area contributed by atoms with Crippen LogP contribution in [0.3, 0.4) is 0 Å². The van der Waals surface area contributed by atoms with Crippen LogP contribution in [-0.4, -0.2) is 39.7 Å². The second kappa shape index (κ2) is 5.16. The van der Waals surface area contributed by atoms with E-state index in [4.69, 9.17) is 9.84 Å². The summed E-state index contributed by atoms with van der Waals surface area (Å²) < 4.78 is 4.80. The summed E-state index contributed by atoms with van der Waals surface area (Å²) >= 11 is 0. The van der Waals surface area contributed by atoms with E-state index in [9.17, 15) is 19.8 Å². The molecule has 6 nitrogen and oxygen atoms in total. The number of carboxylic acid groups (broad SMARTS) is 1. The molecule has 98 valence electrons. The number of hydrogen-bond acceptors (Lipinski definition) is 5. The van der Waals surface area contributed by atoms with Gasteiger partial charge < -0.3 is 20.1 Å². The predicted octanol–water partition coefficient (Wildman–Crippen LogP) is -0.0164. The summed E-state index contributed by atoms with van der Waals surface area (Å²) in [5.41, 5.74) is 0.519. The third-order valence-corrected chi connectivity index (χ3v) is 2.34. The van der Waals surface area contributed by atoms with Gasteiger partial charge in [-0.2, -0.15) is 0 Å². The highest BCUT2D eigenvalue weighted by Gasteiger charge is 2.38. The van der Waals surface area contributed by atoms with E-state index in [2.05, 4.69) is 6.58 Å². The normalized spacial score (nSPS) is 21.1. The first-order valence-electron chi connectivity index (χ1n) is 5.14. The molecule has 1 aliphatic carbocycles. The molecule has 1 atom stereocenters. The Morgan fingerprint density at radius 1 is 1.50 bits per heavy atom. The molecular formula is C12H14O6. The minimum atomic E-state index is -2.49. The molecule has 0 aliphatic heterocycles. The molecule has 18 heavy (non-hydrogen) atoms. The molecule has 1 aliphatic rings. The summed E-state index contributed by atoms with van der Waals surface area (Å²) in [6.45, 7) is 4.69. The van der Waals surface area contributed by atoms with Crippen molar-refractivity contribution in [1.29, 1.82) is 0 Å². The minimum Gasteiger partial charge on any atom is -0.481 e. The van der Waals surface area contributed by atoms with Crippen LogP contribution in [0.25, 0.3) is 0 Å². The smallest absolute Gasteiger partial charge is 0.333 e. The lowest BCUT2D eigenvalue weighted by atomic mass is 9.91. The maximum atomic E-state index is 11.1. The zero-order chi connectivity index (χ0) is 13.9. The predicted molar refractivity (Wildman–Crippen MR) is 61.3 cm³/mol. The highest BCUT2D eigenvalue weighted by Crippen LogP contribution is 2.25. The zero-order valence-electron chi connectivity index (χ0n) is 9.79. The lowest BCUT2D eigenvalue weighted by Crippen LogP contribution is -2.41. The summed E-state index contributed by atoms with van der Waals surface area (Å²) in [4.78, 5) is 21.9. The Labute approximate surface area is 103 Å². The zero-order valence-corrected chi connectivity index (χ0v) is 9.79. The topological polar surface area (TPSA) is 104 Å². The van der Waals surface area contributed by atoms with Crippen molar-refractivity contribution in [2.75, 3.05) is 6.61 Å². The minimum absolute atomic E-state index is 0.183. The van der Waals surface area contributed by atoms with E-state index >= 15 is 0 Å². The molecular weight excluding hydrogens is 240 g/mol. The van der Waals surface area contributed by atoms with E-state index in [0.29, 0.717) is 5.57 Å². The van der Waals surface area contributed by atoms with E-state index in [1.165, 1.54) is 13.0 Å². The number of rotatable bonds is 4. The molecule has 0 spiro atoms. The van der Waals surface area contributed by atoms with Crippen LogP contribution in [-0.2, 0) is 14.3 Å². The SMILES string of the molecule is C=C(C)C(=O)OCC1=CC(O)(O)C(C(=O)O)C=C1. The lowest BCUT2D eigenvalue weighted by Gasteiger charge is -2.26. The first-order chi connectivity index (χ1) is 8.24. The summed E-state index contributed by atoms with van der Waals surface area (Å²) in [5, 5.41) is 27.8. The van der Waals surface area contributed by atoms with Crippen molar-refractivity contribution in [1.82, 2.24) is 0 Å². The average molecular weight is 254 g/mol. The van der Waals surface area contributed by atoms with Crippen molar-refractivity contribution >= 4 is 11.9 Å². The molecule has 0 amide bonds. The Balaban J connectivity index is 2.72. The molecule has 0 aromatic carbocycles. The molecule has 0 heterocycles. The highest BCUT2D eigenvalue weighted by molar-refractivity contribution is 5.87. The van der Waals surface area contributed by atoms with Crippen molar-refractivity contribution in [2.24, 2.45) is 5.92 Å². The van der Waals surface area contributed by atoms with Crippen molar-refractivity contribution in [3.63, 3.8) is 0 Å². The lowest BCUT2D eigenvalue weighted by molar-refractivity contribution is -0.176. The molecule has 0 saturated heterocycles. The largest absolute Gasteiger partial charge is 0.481 e. The maximum Gasteiger partial charge on any atom is 0.333 e. The molecule has 6 heteroatoms. The second-order valence-corrected chi connectivity index (χ2v) is 4.03. The Morgan fingerprint density at radius 3 is 2.56 bits per heavy atom. The fourth-order valence-electron chi connectivity index (χ4n) is 1.40. The van der Waals surface area contributed by atoms with Gasteiger partial charge in [0, 0.05) is 5.57 Å². The molecule has 0 radical (unpaired) electrons. The third-order valence-electron chi connectivity index (χ3n) is 2.34. The van der Waals surface area contributed by atoms with Crippen LogP contribution in [0, 0.1) is 5.92 Å². The number of aliphatic hydroxyl groups is 2. The summed E-state index contributed by atoms with van der Waals surface area (Å²) in [5.74, 6) is -5.90. The molecule has 1 unspecified atom stereocenters. The van der Waals surface area contributed by atoms with Crippen molar-refractivity contribution < 1.29 is 29.6 Å². The van der Waals surface area contributed by atoms with Gasteiger partial charge >= 0.3 is 11.9 Å². The van der Waals surface area contributed by atoms with Gasteiger partial charge in [-0.1, -0.05) is 18.7 Å². The highest BCUT2D eigenvalue weighted by atomic mass is 16.5. The third kappa shape index (κ3) is 3.28. The quantitative estimate of drug-likeness (QED) is 0.370. The van der Waals surface area contributed by atoms with Crippen LogP contribution in [0.4, 0.5) is 0 Å². The van der Waals surface area contributed by atoms with E-state index < -0.39 is 23.6 Å². The summed E-state index contributed by atoms with van der Waals surface area (Å²) in [6, 6.07) is 0. The molecule has 0 aromatic rings. The van der Waals surface area contributed by atoms with Crippen LogP contribution in [0.15, 0.2) is 36.0 Å². The Kier molecular flexibility index (Phi) is 4.05. The number of esters is 1. The fourth-order valence-corrected chi connectivity index (χ4v) is 1.40. The molecule has 1 rings (SSSR count). The van der Waals surface area contributed by atoms with Gasteiger partial charge in [0.05, 0.1) is 0 Å². The van der Waals surface area contributed by atoms with E-state index in [1.807, 2.05) is 0 Å². The number of carbonyl (C=O) groups is 2. The van der Waals surface area contributed by atoms with Gasteiger partial charge in [-0.25, -0.2) is 4.79 Å². The summed E-state index contributed by atoms with van der Waals surface area (Å²) in [7, 11) is 0. The van der Waals surface area contributed by atoms with E-state index in [0.717, 1.165) is 12.2 Å². The van der Waals surface area contributed by atoms with Crippen molar-refractivity contribution in [3.8, 4) is 0 Å². The van der Waals surface area contributed by atoms with E-state index in [1.54, 1.807) is 0 Å². The first kappa shape index (κ1) is 14.1. The molecule has 0 bridgehead atoms. The fraction of sp³-hybridized carbons (Fsp3) is 0.333. The standard InChI is InChI=1S/C12H14O6/c1-7(2)11(15)18-6-8-3-4-9(10(13)14)12(16,17)5-8/h3-5,9,16-17H,1,6H2,2H3,(H,13,14). The Hall–Kier alpha value is -1.92. The number of carboxylic acids is 1. The summed E-state index contributed by atoms with van der Waals surface area (Å²) in [6.07, 6.45) is 3.44. The molecule has 3 N–H and O–H groups in total. The molecule has 0 saturated carbocycles. The molecule has 0 aromatic heterocycles. The van der Waals surface area contributed by atoms with Crippen LogP contribution in [0.1, 0.15) is 6.92 Å². The maximum absolute atomic E-state index is 11.1. The Bertz CT molecular complexity index is 443. The number of carbonyl (C=O) groups excluding carboxylic acids is 1. The number of aliphatic carboxylic acids is 1. The van der Waals surface area contributed by atoms with Crippen molar-refractivity contribution in [3.05, 3.63) is 36.0 Å². The van der Waals surface area contributed by atoms with Gasteiger partial charge in [-0.05, 0) is 18.6 Å². The van der Waals surface area contributed by atoms with Crippen molar-refractivity contribution in [2.45, 2.75) is 12.7 Å². The van der Waals surface area contributed by atoms with Gasteiger partial charge in [-0.3, -0.25) is 4.79 Å². The van der Waals surface area contributed by atoms with Gasteiger partial charge in [0.15, 0.2) is 0 Å². The number of hydrogen-bond donors (Lipinski definition) is 3. The van der Waals surface area contributed by atoms with Gasteiger partial charge in [0.2, 0.25) is 5.79 Å². The van der Waals surface area contributed by atoms with E-state index in [-0.39, 0.29) is 12.2 Å². The second-order valence-electron chi connectivity index (χ2n) is 4.03. The number of ether oxygens (including phenoxy) is 1. The first-order valence-corrected chi connectivity index (χ1v) is 5.14. The van der Waals surface area contributed by atoms with Crippen LogP contribution >= 0.6 is 0 Å². The van der Waals surface area contributed by atoms with Gasteiger partial charge in [-0.15, -0.1) is 0 Å². The van der Waals surface area contributed by atoms with Gasteiger partial charge in [0.1, 0.15) is 12.5 Å². The average Bonchev–Trinajstić information content (AvgIpc) is 2.23. The van der Waals surface area contributed by atoms with Gasteiger partial charge in [0.25, 0.3) is 0 Å². The monoisotopic (exact) mass is 254 g/mol. The molecule has 0 fully saturated rings. The van der Waals surface area contributed by atoms with Crippen LogP contribution < -0.4 is 0 Å². The van der Waals surface area contributed by atoms with Crippen LogP contribution in [0.2, 0.25) is 0 Å². The van der Waals surface area contributed by atoms with Crippen LogP contribution in [0.5, 0.6) is 0 Å².